The maximum absolute atomic E-state index is 11.1. The fraction of sp³-hybridized carbons (Fsp3) is 0.333. The van der Waals surface area contributed by atoms with Gasteiger partial charge in [0.15, 0.2) is 17.2 Å². The fourth-order valence-electron chi connectivity index (χ4n) is 0.765. The van der Waals surface area contributed by atoms with Gasteiger partial charge in [-0.05, 0) is 0 Å². The molecular weight excluding hydrogens is 160 g/mol. The van der Waals surface area contributed by atoms with Crippen molar-refractivity contribution in [1.82, 2.24) is 15.4 Å². The van der Waals surface area contributed by atoms with E-state index in [-0.39, 0.29) is 23.6 Å². The highest BCUT2D eigenvalue weighted by Gasteiger charge is 2.18. The van der Waals surface area contributed by atoms with E-state index in [1.165, 1.54) is 0 Å². The maximum Gasteiger partial charge on any atom is 0.271 e. The Morgan fingerprint density at radius 3 is 2.50 bits per heavy atom. The summed E-state index contributed by atoms with van der Waals surface area (Å²) in [5, 5.41) is 9.15. The summed E-state index contributed by atoms with van der Waals surface area (Å²) in [4.78, 5) is 21.7. The molecule has 12 heavy (non-hydrogen) atoms. The zero-order valence-electron chi connectivity index (χ0n) is 6.50. The number of rotatable bonds is 3. The number of nitrogens with one attached hydrogen (secondary N) is 1. The van der Waals surface area contributed by atoms with Crippen molar-refractivity contribution in [2.45, 2.75) is 13.3 Å². The predicted octanol–water partition coefficient (Wildman–Crippen LogP) is -0.504. The largest absolute Gasteiger partial charge is 0.364 e. The highest BCUT2D eigenvalue weighted by Crippen LogP contribution is 2.02. The van der Waals surface area contributed by atoms with Gasteiger partial charge >= 0.3 is 0 Å². The Kier molecular flexibility index (Phi) is 2.18. The second-order valence-electron chi connectivity index (χ2n) is 2.16. The lowest BCUT2D eigenvalue weighted by Crippen LogP contribution is -2.16. The number of primary amides is 1. The summed E-state index contributed by atoms with van der Waals surface area (Å²) in [7, 11) is 0. The van der Waals surface area contributed by atoms with E-state index in [9.17, 15) is 9.59 Å². The number of H-pyrrole nitrogens is 1. The monoisotopic (exact) mass is 168 g/mol. The quantitative estimate of drug-likeness (QED) is 0.593. The number of carbonyl (C=O) groups excluding carboxylic acids is 2. The number of nitrogens with zero attached hydrogens (tertiary/aromatic N) is 2. The van der Waals surface area contributed by atoms with Gasteiger partial charge in [0.05, 0.1) is 0 Å². The first kappa shape index (κ1) is 8.38. The minimum atomic E-state index is -0.749. The number of hydrogen-bond donors (Lipinski definition) is 2. The molecule has 1 aromatic rings. The molecule has 0 saturated carbocycles. The van der Waals surface area contributed by atoms with Crippen molar-refractivity contribution < 1.29 is 9.59 Å². The van der Waals surface area contributed by atoms with E-state index in [0.29, 0.717) is 0 Å². The number of ketones is 1. The Balaban J connectivity index is 3.07. The third-order valence-corrected chi connectivity index (χ3v) is 1.37. The van der Waals surface area contributed by atoms with Crippen LogP contribution in [0.5, 0.6) is 0 Å². The van der Waals surface area contributed by atoms with E-state index in [1.54, 1.807) is 6.92 Å². The van der Waals surface area contributed by atoms with Crippen LogP contribution in [0.2, 0.25) is 0 Å². The molecule has 6 nitrogen and oxygen atoms in total. The van der Waals surface area contributed by atoms with E-state index in [0.717, 1.165) is 0 Å². The van der Waals surface area contributed by atoms with Crippen molar-refractivity contribution in [1.29, 1.82) is 0 Å². The molecular formula is C6H8N4O2. The zero-order valence-corrected chi connectivity index (χ0v) is 6.50. The fourth-order valence-corrected chi connectivity index (χ4v) is 0.765. The molecule has 0 aliphatic rings. The second kappa shape index (κ2) is 3.12. The summed E-state index contributed by atoms with van der Waals surface area (Å²) in [6.45, 7) is 1.67. The molecule has 0 spiro atoms. The highest BCUT2D eigenvalue weighted by molar-refractivity contribution is 6.04. The van der Waals surface area contributed by atoms with Crippen LogP contribution in [0.25, 0.3) is 0 Å². The zero-order chi connectivity index (χ0) is 9.14. The first-order valence-electron chi connectivity index (χ1n) is 3.40. The Bertz CT molecular complexity index is 317. The maximum atomic E-state index is 11.1. The number of hydrogen-bond acceptors (Lipinski definition) is 4. The van der Waals surface area contributed by atoms with Crippen LogP contribution in [0.1, 0.15) is 34.3 Å². The van der Waals surface area contributed by atoms with Gasteiger partial charge in [-0.15, -0.1) is 0 Å². The molecule has 0 unspecified atom stereocenters. The standard InChI is InChI=1S/C6H8N4O2/c1-2-3(11)4-5(6(7)12)9-10-8-4/h2H2,1H3,(H2,7,12)(H,8,9,10). The molecule has 0 bridgehead atoms. The lowest BCUT2D eigenvalue weighted by atomic mass is 10.2. The van der Waals surface area contributed by atoms with E-state index in [4.69, 9.17) is 5.73 Å². The predicted molar refractivity (Wildman–Crippen MR) is 39.5 cm³/mol. The van der Waals surface area contributed by atoms with Gasteiger partial charge in [0.2, 0.25) is 0 Å². The van der Waals surface area contributed by atoms with Crippen LogP contribution in [-0.2, 0) is 0 Å². The molecule has 1 aromatic heterocycles. The van der Waals surface area contributed by atoms with Crippen molar-refractivity contribution >= 4 is 11.7 Å². The molecule has 0 aromatic carbocycles. The first-order valence-corrected chi connectivity index (χ1v) is 3.40. The van der Waals surface area contributed by atoms with Crippen molar-refractivity contribution in [3.63, 3.8) is 0 Å². The number of Topliss-reactive ketones (excluding diaryl/α,β-unsaturated/α-hetero) is 1. The molecule has 0 aliphatic heterocycles. The second-order valence-corrected chi connectivity index (χ2v) is 2.16. The van der Waals surface area contributed by atoms with E-state index in [2.05, 4.69) is 15.4 Å². The van der Waals surface area contributed by atoms with E-state index >= 15 is 0 Å². The molecule has 0 saturated heterocycles. The number of aromatic nitrogens is 3. The smallest absolute Gasteiger partial charge is 0.271 e. The van der Waals surface area contributed by atoms with Gasteiger partial charge in [-0.25, -0.2) is 0 Å². The van der Waals surface area contributed by atoms with Gasteiger partial charge in [0.1, 0.15) is 0 Å². The Morgan fingerprint density at radius 2 is 2.00 bits per heavy atom. The average molecular weight is 168 g/mol. The number of aromatic amines is 1. The van der Waals surface area contributed by atoms with Gasteiger partial charge in [-0.3, -0.25) is 9.59 Å². The van der Waals surface area contributed by atoms with E-state index < -0.39 is 5.91 Å². The average Bonchev–Trinajstić information content (AvgIpc) is 2.50. The summed E-state index contributed by atoms with van der Waals surface area (Å²) < 4.78 is 0. The van der Waals surface area contributed by atoms with Crippen LogP contribution in [0, 0.1) is 0 Å². The summed E-state index contributed by atoms with van der Waals surface area (Å²) >= 11 is 0. The SMILES string of the molecule is CCC(=O)c1n[nH]nc1C(N)=O. The van der Waals surface area contributed by atoms with Crippen LogP contribution >= 0.6 is 0 Å². The minimum absolute atomic E-state index is 0.0185. The molecule has 0 radical (unpaired) electrons. The summed E-state index contributed by atoms with van der Waals surface area (Å²) in [6.07, 6.45) is 0.271. The topological polar surface area (TPSA) is 102 Å². The van der Waals surface area contributed by atoms with Gasteiger partial charge in [-0.2, -0.15) is 15.4 Å². The molecule has 1 amide bonds. The van der Waals surface area contributed by atoms with Gasteiger partial charge in [0, 0.05) is 6.42 Å². The Labute approximate surface area is 68.1 Å². The summed E-state index contributed by atoms with van der Waals surface area (Å²) in [5.74, 6) is -1.00. The third kappa shape index (κ3) is 1.31. The highest BCUT2D eigenvalue weighted by atomic mass is 16.1. The lowest BCUT2D eigenvalue weighted by Gasteiger charge is -1.91. The van der Waals surface area contributed by atoms with Crippen LogP contribution in [0.15, 0.2) is 0 Å². The van der Waals surface area contributed by atoms with Gasteiger partial charge in [0.25, 0.3) is 5.91 Å². The Morgan fingerprint density at radius 1 is 1.42 bits per heavy atom. The van der Waals surface area contributed by atoms with Crippen molar-refractivity contribution in [2.75, 3.05) is 0 Å². The van der Waals surface area contributed by atoms with Crippen molar-refractivity contribution in [2.24, 2.45) is 5.73 Å². The minimum Gasteiger partial charge on any atom is -0.364 e. The number of carbonyl (C=O) groups is 2. The van der Waals surface area contributed by atoms with Crippen LogP contribution in [-0.4, -0.2) is 27.1 Å². The summed E-state index contributed by atoms with van der Waals surface area (Å²) in [5.41, 5.74) is 4.86. The summed E-state index contributed by atoms with van der Waals surface area (Å²) in [6, 6.07) is 0. The molecule has 64 valence electrons. The number of amides is 1. The lowest BCUT2D eigenvalue weighted by molar-refractivity contribution is 0.0955. The first-order chi connectivity index (χ1) is 5.66. The normalized spacial score (nSPS) is 9.75. The molecule has 1 rings (SSSR count). The van der Waals surface area contributed by atoms with Crippen LogP contribution in [0.4, 0.5) is 0 Å². The van der Waals surface area contributed by atoms with Gasteiger partial charge in [-0.1, -0.05) is 6.92 Å². The van der Waals surface area contributed by atoms with Crippen molar-refractivity contribution in [3.8, 4) is 0 Å². The van der Waals surface area contributed by atoms with Crippen LogP contribution < -0.4 is 5.73 Å². The van der Waals surface area contributed by atoms with Gasteiger partial charge < -0.3 is 5.73 Å². The number of nitrogens with two attached hydrogens (primary N) is 1. The molecule has 0 atom stereocenters. The van der Waals surface area contributed by atoms with Crippen molar-refractivity contribution in [3.05, 3.63) is 11.4 Å². The molecule has 0 aliphatic carbocycles. The molecule has 0 fully saturated rings. The van der Waals surface area contributed by atoms with Crippen LogP contribution in [0.3, 0.4) is 0 Å². The molecule has 3 N–H and O–H groups in total. The molecule has 1 heterocycles. The third-order valence-electron chi connectivity index (χ3n) is 1.37. The Hall–Kier alpha value is -1.72. The molecule has 6 heteroatoms. The van der Waals surface area contributed by atoms with E-state index in [1.807, 2.05) is 0 Å².